The standard InChI is InChI=1S/C21H37N7O3.HI/c1-21(2,3)31-20(29)28-14-8-25(9-15-28)7-6-23-19(22-4)27-12-10-26(11-13-27)17-18-5-16-30-24-18;/h5,16H,6-15,17H2,1-4H3,(H,22,23);1H. The van der Waals surface area contributed by atoms with E-state index in [4.69, 9.17) is 9.26 Å². The number of guanidine groups is 1. The minimum absolute atomic E-state index is 0. The fraction of sp³-hybridized carbons (Fsp3) is 0.762. The zero-order valence-corrected chi connectivity index (χ0v) is 22.1. The highest BCUT2D eigenvalue weighted by Gasteiger charge is 2.26. The van der Waals surface area contributed by atoms with E-state index in [1.807, 2.05) is 33.9 Å². The van der Waals surface area contributed by atoms with E-state index < -0.39 is 5.60 Å². The van der Waals surface area contributed by atoms with E-state index in [0.717, 1.165) is 70.6 Å². The first-order valence-electron chi connectivity index (χ1n) is 11.1. The van der Waals surface area contributed by atoms with Crippen LogP contribution in [0.1, 0.15) is 26.5 Å². The van der Waals surface area contributed by atoms with Crippen LogP contribution in [0.3, 0.4) is 0 Å². The summed E-state index contributed by atoms with van der Waals surface area (Å²) in [5.41, 5.74) is 0.526. The normalized spacial score (nSPS) is 18.9. The Morgan fingerprint density at radius 2 is 1.72 bits per heavy atom. The van der Waals surface area contributed by atoms with Gasteiger partial charge in [0.1, 0.15) is 11.9 Å². The molecule has 10 nitrogen and oxygen atoms in total. The summed E-state index contributed by atoms with van der Waals surface area (Å²) in [5.74, 6) is 0.952. The van der Waals surface area contributed by atoms with Gasteiger partial charge >= 0.3 is 6.09 Å². The summed E-state index contributed by atoms with van der Waals surface area (Å²) >= 11 is 0. The van der Waals surface area contributed by atoms with Crippen LogP contribution in [-0.4, -0.2) is 115 Å². The number of aromatic nitrogens is 1. The lowest BCUT2D eigenvalue weighted by atomic mass is 10.2. The molecule has 0 aromatic carbocycles. The van der Waals surface area contributed by atoms with Crippen molar-refractivity contribution in [2.24, 2.45) is 4.99 Å². The molecule has 3 rings (SSSR count). The molecule has 0 unspecified atom stereocenters. The number of nitrogens with one attached hydrogen (secondary N) is 1. The van der Waals surface area contributed by atoms with Crippen molar-refractivity contribution in [3.8, 4) is 0 Å². The molecule has 2 aliphatic rings. The number of rotatable bonds is 5. The van der Waals surface area contributed by atoms with Gasteiger partial charge in [-0.2, -0.15) is 0 Å². The SMILES string of the molecule is CN=C(NCCN1CCN(C(=O)OC(C)(C)C)CC1)N1CCN(Cc2ccon2)CC1.I. The molecule has 32 heavy (non-hydrogen) atoms. The molecular weight excluding hydrogens is 525 g/mol. The van der Waals surface area contributed by atoms with Gasteiger partial charge in [0.25, 0.3) is 0 Å². The van der Waals surface area contributed by atoms with Gasteiger partial charge in [0, 0.05) is 85.1 Å². The van der Waals surface area contributed by atoms with E-state index in [1.54, 1.807) is 11.2 Å². The van der Waals surface area contributed by atoms with Gasteiger partial charge in [-0.1, -0.05) is 5.16 Å². The molecule has 2 saturated heterocycles. The molecule has 0 bridgehead atoms. The van der Waals surface area contributed by atoms with E-state index in [1.165, 1.54) is 0 Å². The lowest BCUT2D eigenvalue weighted by Crippen LogP contribution is -2.54. The monoisotopic (exact) mass is 563 g/mol. The van der Waals surface area contributed by atoms with E-state index in [9.17, 15) is 4.79 Å². The molecule has 2 fully saturated rings. The maximum atomic E-state index is 12.2. The van der Waals surface area contributed by atoms with Crippen molar-refractivity contribution >= 4 is 36.0 Å². The largest absolute Gasteiger partial charge is 0.444 e. The maximum Gasteiger partial charge on any atom is 0.410 e. The Labute approximate surface area is 208 Å². The van der Waals surface area contributed by atoms with Crippen LogP contribution in [0.4, 0.5) is 4.79 Å². The zero-order chi connectivity index (χ0) is 22.3. The number of piperazine rings is 2. The zero-order valence-electron chi connectivity index (χ0n) is 19.7. The number of nitrogens with zero attached hydrogens (tertiary/aromatic N) is 6. The van der Waals surface area contributed by atoms with Crippen LogP contribution >= 0.6 is 24.0 Å². The number of halogens is 1. The molecule has 0 radical (unpaired) electrons. The first kappa shape index (κ1) is 26.7. The minimum Gasteiger partial charge on any atom is -0.444 e. The minimum atomic E-state index is -0.449. The van der Waals surface area contributed by atoms with Gasteiger partial charge in [-0.15, -0.1) is 24.0 Å². The number of carbonyl (C=O) groups excluding carboxylic acids is 1. The van der Waals surface area contributed by atoms with E-state index in [2.05, 4.69) is 30.2 Å². The van der Waals surface area contributed by atoms with Crippen molar-refractivity contribution in [1.82, 2.24) is 30.1 Å². The van der Waals surface area contributed by atoms with Crippen molar-refractivity contribution < 1.29 is 14.1 Å². The third kappa shape index (κ3) is 8.39. The lowest BCUT2D eigenvalue weighted by Gasteiger charge is -2.37. The molecule has 0 saturated carbocycles. The van der Waals surface area contributed by atoms with E-state index >= 15 is 0 Å². The van der Waals surface area contributed by atoms with Crippen LogP contribution in [0.15, 0.2) is 21.8 Å². The summed E-state index contributed by atoms with van der Waals surface area (Å²) in [7, 11) is 1.84. The van der Waals surface area contributed by atoms with Gasteiger partial charge in [0.15, 0.2) is 5.96 Å². The molecule has 0 spiro atoms. The summed E-state index contributed by atoms with van der Waals surface area (Å²) in [6.07, 6.45) is 1.41. The second kappa shape index (κ2) is 12.6. The van der Waals surface area contributed by atoms with Crippen LogP contribution in [-0.2, 0) is 11.3 Å². The second-order valence-electron chi connectivity index (χ2n) is 9.04. The Morgan fingerprint density at radius 1 is 1.09 bits per heavy atom. The van der Waals surface area contributed by atoms with E-state index in [-0.39, 0.29) is 30.1 Å². The van der Waals surface area contributed by atoms with Crippen LogP contribution in [0.5, 0.6) is 0 Å². The number of hydrogen-bond acceptors (Lipinski definition) is 7. The summed E-state index contributed by atoms with van der Waals surface area (Å²) in [4.78, 5) is 25.5. The first-order valence-corrected chi connectivity index (χ1v) is 11.1. The van der Waals surface area contributed by atoms with Crippen molar-refractivity contribution in [1.29, 1.82) is 0 Å². The first-order chi connectivity index (χ1) is 14.8. The Morgan fingerprint density at radius 3 is 2.28 bits per heavy atom. The van der Waals surface area contributed by atoms with Crippen LogP contribution in [0, 0.1) is 0 Å². The van der Waals surface area contributed by atoms with Gasteiger partial charge in [-0.05, 0) is 20.8 Å². The predicted molar refractivity (Wildman–Crippen MR) is 134 cm³/mol. The maximum absolute atomic E-state index is 12.2. The second-order valence-corrected chi connectivity index (χ2v) is 9.04. The molecule has 0 atom stereocenters. The molecule has 11 heteroatoms. The summed E-state index contributed by atoms with van der Waals surface area (Å²) in [5, 5.41) is 7.49. The third-order valence-electron chi connectivity index (χ3n) is 5.50. The molecule has 2 aliphatic heterocycles. The van der Waals surface area contributed by atoms with Crippen molar-refractivity contribution in [3.63, 3.8) is 0 Å². The number of amides is 1. The molecule has 1 aromatic heterocycles. The number of ether oxygens (including phenoxy) is 1. The fourth-order valence-electron chi connectivity index (χ4n) is 3.80. The van der Waals surface area contributed by atoms with Gasteiger partial charge < -0.3 is 24.4 Å². The molecule has 1 N–H and O–H groups in total. The quantitative estimate of drug-likeness (QED) is 0.328. The molecule has 1 amide bonds. The highest BCUT2D eigenvalue weighted by Crippen LogP contribution is 2.12. The van der Waals surface area contributed by atoms with Crippen molar-refractivity contribution in [3.05, 3.63) is 18.0 Å². The smallest absolute Gasteiger partial charge is 0.410 e. The summed E-state index contributed by atoms with van der Waals surface area (Å²) in [6, 6.07) is 1.92. The number of hydrogen-bond donors (Lipinski definition) is 1. The number of carbonyl (C=O) groups is 1. The van der Waals surface area contributed by atoms with Gasteiger partial charge in [-0.25, -0.2) is 4.79 Å². The highest BCUT2D eigenvalue weighted by atomic mass is 127. The Bertz CT molecular complexity index is 707. The number of aliphatic imine (C=N–C) groups is 1. The molecule has 3 heterocycles. The van der Waals surface area contributed by atoms with Gasteiger partial charge in [0.05, 0.1) is 5.69 Å². The van der Waals surface area contributed by atoms with E-state index in [0.29, 0.717) is 13.1 Å². The lowest BCUT2D eigenvalue weighted by molar-refractivity contribution is 0.0147. The Balaban J connectivity index is 0.00000363. The van der Waals surface area contributed by atoms with Gasteiger partial charge in [-0.3, -0.25) is 14.8 Å². The topological polar surface area (TPSA) is 89.7 Å². The molecule has 1 aromatic rings. The predicted octanol–water partition coefficient (Wildman–Crippen LogP) is 1.54. The third-order valence-corrected chi connectivity index (χ3v) is 5.50. The highest BCUT2D eigenvalue weighted by molar-refractivity contribution is 14.0. The average molecular weight is 563 g/mol. The average Bonchev–Trinajstić information content (AvgIpc) is 3.24. The van der Waals surface area contributed by atoms with Crippen LogP contribution < -0.4 is 5.32 Å². The molecule has 0 aliphatic carbocycles. The van der Waals surface area contributed by atoms with Crippen LogP contribution in [0.2, 0.25) is 0 Å². The molecule has 182 valence electrons. The Hall–Kier alpha value is -1.60. The Kier molecular flexibility index (Phi) is 10.5. The molecular formula is C21H38IN7O3. The van der Waals surface area contributed by atoms with Crippen molar-refractivity contribution in [2.75, 3.05) is 72.5 Å². The summed E-state index contributed by atoms with van der Waals surface area (Å²) < 4.78 is 10.4. The fourth-order valence-corrected chi connectivity index (χ4v) is 3.80. The van der Waals surface area contributed by atoms with Gasteiger partial charge in [0.2, 0.25) is 0 Å². The van der Waals surface area contributed by atoms with Crippen molar-refractivity contribution in [2.45, 2.75) is 32.9 Å². The summed E-state index contributed by atoms with van der Waals surface area (Å²) in [6.45, 7) is 15.2. The van der Waals surface area contributed by atoms with Crippen LogP contribution in [0.25, 0.3) is 0 Å².